The number of ether oxygens (including phenoxy) is 1. The van der Waals surface area contributed by atoms with E-state index in [0.717, 1.165) is 17.6 Å². The summed E-state index contributed by atoms with van der Waals surface area (Å²) < 4.78 is 5.22. The fraction of sp³-hybridized carbons (Fsp3) is 0.571. The molecule has 1 rings (SSSR count). The van der Waals surface area contributed by atoms with Gasteiger partial charge in [0.2, 0.25) is 0 Å². The van der Waals surface area contributed by atoms with Crippen LogP contribution in [0.4, 0.5) is 0 Å². The Hall–Kier alpha value is -1.38. The molecule has 0 N–H and O–H groups in total. The lowest BCUT2D eigenvalue weighted by atomic mass is 9.94. The van der Waals surface area contributed by atoms with E-state index in [1.807, 2.05) is 39.8 Å². The van der Waals surface area contributed by atoms with Gasteiger partial charge in [0.1, 0.15) is 5.60 Å². The van der Waals surface area contributed by atoms with Crippen molar-refractivity contribution in [2.45, 2.75) is 52.6 Å². The highest BCUT2D eigenvalue weighted by molar-refractivity contribution is 5.99. The molecule has 0 saturated heterocycles. The van der Waals surface area contributed by atoms with Crippen LogP contribution < -0.4 is 0 Å². The molecule has 0 spiro atoms. The predicted octanol–water partition coefficient (Wildman–Crippen LogP) is 2.95. The molecule has 0 aromatic carbocycles. The third-order valence-electron chi connectivity index (χ3n) is 2.44. The van der Waals surface area contributed by atoms with Crippen molar-refractivity contribution < 1.29 is 14.3 Å². The van der Waals surface area contributed by atoms with E-state index in [0.29, 0.717) is 6.42 Å². The number of carbonyl (C=O) groups excluding carboxylic acids is 2. The molecule has 0 atom stereocenters. The number of Topliss-reactive ketones (excluding diaryl/α,β-unsaturated/α-hetero) is 1. The molecule has 94 valence electrons. The van der Waals surface area contributed by atoms with Crippen molar-refractivity contribution in [2.75, 3.05) is 0 Å². The van der Waals surface area contributed by atoms with Crippen LogP contribution in [0.2, 0.25) is 0 Å². The summed E-state index contributed by atoms with van der Waals surface area (Å²) in [6.07, 6.45) is 4.97. The predicted molar refractivity (Wildman–Crippen MR) is 66.5 cm³/mol. The molecule has 0 aromatic rings. The molecule has 0 heterocycles. The van der Waals surface area contributed by atoms with Crippen LogP contribution >= 0.6 is 0 Å². The van der Waals surface area contributed by atoms with Gasteiger partial charge in [-0.05, 0) is 32.8 Å². The quantitative estimate of drug-likeness (QED) is 0.707. The van der Waals surface area contributed by atoms with Gasteiger partial charge in [0.15, 0.2) is 5.78 Å². The van der Waals surface area contributed by atoms with Gasteiger partial charge in [-0.1, -0.05) is 24.6 Å². The average Bonchev–Trinajstić information content (AvgIpc) is 2.14. The first kappa shape index (κ1) is 13.7. The Morgan fingerprint density at radius 1 is 1.35 bits per heavy atom. The SMILES string of the molecule is CCC1=CC=C(CC(=O)OC(C)(C)C)CC1=O. The highest BCUT2D eigenvalue weighted by Crippen LogP contribution is 2.21. The van der Waals surface area contributed by atoms with Crippen LogP contribution in [-0.2, 0) is 14.3 Å². The minimum atomic E-state index is -0.471. The van der Waals surface area contributed by atoms with Gasteiger partial charge in [0, 0.05) is 6.42 Å². The van der Waals surface area contributed by atoms with Crippen LogP contribution in [0.1, 0.15) is 47.0 Å². The highest BCUT2D eigenvalue weighted by atomic mass is 16.6. The second kappa shape index (κ2) is 5.30. The highest BCUT2D eigenvalue weighted by Gasteiger charge is 2.20. The summed E-state index contributed by atoms with van der Waals surface area (Å²) in [5.74, 6) is -0.154. The standard InChI is InChI=1S/C14H20O3/c1-5-11-7-6-10(8-12(11)15)9-13(16)17-14(2,3)4/h6-7H,5,8-9H2,1-4H3. The minimum absolute atomic E-state index is 0.119. The molecule has 1 aliphatic carbocycles. The van der Waals surface area contributed by atoms with E-state index >= 15 is 0 Å². The van der Waals surface area contributed by atoms with Crippen LogP contribution in [0, 0.1) is 0 Å². The van der Waals surface area contributed by atoms with Gasteiger partial charge in [-0.2, -0.15) is 0 Å². The van der Waals surface area contributed by atoms with Gasteiger partial charge in [-0.15, -0.1) is 0 Å². The van der Waals surface area contributed by atoms with Crippen molar-refractivity contribution >= 4 is 11.8 Å². The summed E-state index contributed by atoms with van der Waals surface area (Å²) in [4.78, 5) is 23.2. The van der Waals surface area contributed by atoms with Crippen LogP contribution in [0.3, 0.4) is 0 Å². The molecule has 17 heavy (non-hydrogen) atoms. The van der Waals surface area contributed by atoms with Gasteiger partial charge in [-0.25, -0.2) is 0 Å². The van der Waals surface area contributed by atoms with Gasteiger partial charge < -0.3 is 4.74 Å². The number of carbonyl (C=O) groups is 2. The molecule has 0 aromatic heterocycles. The zero-order valence-corrected chi connectivity index (χ0v) is 11.0. The third-order valence-corrected chi connectivity index (χ3v) is 2.44. The van der Waals surface area contributed by atoms with E-state index in [1.165, 1.54) is 0 Å². The second-order valence-electron chi connectivity index (χ2n) is 5.23. The molecule has 3 heteroatoms. The van der Waals surface area contributed by atoms with E-state index in [4.69, 9.17) is 4.74 Å². The van der Waals surface area contributed by atoms with E-state index in [1.54, 1.807) is 0 Å². The average molecular weight is 236 g/mol. The summed E-state index contributed by atoms with van der Waals surface area (Å²) in [6.45, 7) is 7.46. The van der Waals surface area contributed by atoms with Gasteiger partial charge in [0.25, 0.3) is 0 Å². The van der Waals surface area contributed by atoms with Crippen LogP contribution in [-0.4, -0.2) is 17.4 Å². The molecule has 0 aliphatic heterocycles. The molecule has 0 unspecified atom stereocenters. The summed E-state index contributed by atoms with van der Waals surface area (Å²) in [5.41, 5.74) is 1.19. The maximum Gasteiger partial charge on any atom is 0.310 e. The lowest BCUT2D eigenvalue weighted by molar-refractivity contribution is -0.153. The first-order valence-corrected chi connectivity index (χ1v) is 5.95. The molecular weight excluding hydrogens is 216 g/mol. The minimum Gasteiger partial charge on any atom is -0.460 e. The number of esters is 1. The van der Waals surface area contributed by atoms with Gasteiger partial charge in [0.05, 0.1) is 6.42 Å². The Balaban J connectivity index is 2.60. The zero-order chi connectivity index (χ0) is 13.1. The molecule has 3 nitrogen and oxygen atoms in total. The van der Waals surface area contributed by atoms with E-state index in [2.05, 4.69) is 0 Å². The van der Waals surface area contributed by atoms with Gasteiger partial charge in [-0.3, -0.25) is 9.59 Å². The second-order valence-corrected chi connectivity index (χ2v) is 5.23. The molecule has 0 amide bonds. The summed E-state index contributed by atoms with van der Waals surface area (Å²) >= 11 is 0. The molecule has 0 fully saturated rings. The molecule has 0 radical (unpaired) electrons. The zero-order valence-electron chi connectivity index (χ0n) is 11.0. The monoisotopic (exact) mass is 236 g/mol. The number of rotatable bonds is 3. The molecule has 1 aliphatic rings. The van der Waals surface area contributed by atoms with Crippen LogP contribution in [0.5, 0.6) is 0 Å². The molecule has 0 bridgehead atoms. The summed E-state index contributed by atoms with van der Waals surface area (Å²) in [5, 5.41) is 0. The van der Waals surface area contributed by atoms with E-state index in [9.17, 15) is 9.59 Å². The summed E-state index contributed by atoms with van der Waals surface area (Å²) in [7, 11) is 0. The van der Waals surface area contributed by atoms with Crippen molar-refractivity contribution in [3.63, 3.8) is 0 Å². The first-order chi connectivity index (χ1) is 7.81. The van der Waals surface area contributed by atoms with Crippen molar-refractivity contribution in [1.29, 1.82) is 0 Å². The lowest BCUT2D eigenvalue weighted by Crippen LogP contribution is -2.24. The first-order valence-electron chi connectivity index (χ1n) is 5.95. The van der Waals surface area contributed by atoms with Gasteiger partial charge >= 0.3 is 5.97 Å². The Kier molecular flexibility index (Phi) is 4.27. The van der Waals surface area contributed by atoms with Crippen molar-refractivity contribution in [1.82, 2.24) is 0 Å². The smallest absolute Gasteiger partial charge is 0.310 e. The van der Waals surface area contributed by atoms with Crippen LogP contribution in [0.25, 0.3) is 0 Å². The van der Waals surface area contributed by atoms with Crippen LogP contribution in [0.15, 0.2) is 23.3 Å². The fourth-order valence-corrected chi connectivity index (χ4v) is 1.69. The van der Waals surface area contributed by atoms with Crippen molar-refractivity contribution in [3.8, 4) is 0 Å². The van der Waals surface area contributed by atoms with Crippen molar-refractivity contribution in [2.24, 2.45) is 0 Å². The number of hydrogen-bond acceptors (Lipinski definition) is 3. The lowest BCUT2D eigenvalue weighted by Gasteiger charge is -2.20. The topological polar surface area (TPSA) is 43.4 Å². The Morgan fingerprint density at radius 2 is 2.00 bits per heavy atom. The number of ketones is 1. The Labute approximate surface area is 103 Å². The Morgan fingerprint density at radius 3 is 2.47 bits per heavy atom. The number of hydrogen-bond donors (Lipinski definition) is 0. The largest absolute Gasteiger partial charge is 0.460 e. The maximum atomic E-state index is 11.6. The maximum absolute atomic E-state index is 11.6. The molecular formula is C14H20O3. The fourth-order valence-electron chi connectivity index (χ4n) is 1.69. The van der Waals surface area contributed by atoms with E-state index < -0.39 is 5.60 Å². The number of allylic oxidation sites excluding steroid dienone is 3. The normalized spacial score (nSPS) is 16.4. The van der Waals surface area contributed by atoms with E-state index in [-0.39, 0.29) is 18.2 Å². The molecule has 0 saturated carbocycles. The Bertz CT molecular complexity index is 381. The third kappa shape index (κ3) is 4.55. The summed E-state index contributed by atoms with van der Waals surface area (Å²) in [6, 6.07) is 0. The van der Waals surface area contributed by atoms with Crippen molar-refractivity contribution in [3.05, 3.63) is 23.3 Å².